The summed E-state index contributed by atoms with van der Waals surface area (Å²) in [5.74, 6) is 2.25. The zero-order valence-corrected chi connectivity index (χ0v) is 11.8. The van der Waals surface area contributed by atoms with Gasteiger partial charge in [-0.3, -0.25) is 0 Å². The van der Waals surface area contributed by atoms with Crippen molar-refractivity contribution in [3.05, 3.63) is 23.3 Å². The molecule has 1 saturated heterocycles. The highest BCUT2D eigenvalue weighted by atomic mass is 16.5. The number of benzene rings is 1. The number of aliphatic hydroxyl groups excluding tert-OH is 1. The molecule has 0 amide bonds. The monoisotopic (exact) mass is 266 g/mol. The van der Waals surface area contributed by atoms with Gasteiger partial charge in [0, 0.05) is 17.4 Å². The molecule has 2 rings (SSSR count). The molecule has 1 atom stereocenters. The molecule has 1 aliphatic heterocycles. The Morgan fingerprint density at radius 3 is 2.42 bits per heavy atom. The number of rotatable bonds is 6. The highest BCUT2D eigenvalue weighted by Crippen LogP contribution is 2.37. The first kappa shape index (κ1) is 14.2. The Morgan fingerprint density at radius 2 is 1.95 bits per heavy atom. The van der Waals surface area contributed by atoms with Crippen LogP contribution in [-0.2, 0) is 4.74 Å². The molecule has 0 bridgehead atoms. The van der Waals surface area contributed by atoms with Crippen LogP contribution in [0.2, 0.25) is 0 Å². The molecule has 4 nitrogen and oxygen atoms in total. The molecule has 1 aliphatic rings. The van der Waals surface area contributed by atoms with Crippen LogP contribution in [0.3, 0.4) is 0 Å². The molecule has 1 heterocycles. The fourth-order valence-corrected chi connectivity index (χ4v) is 2.52. The molecule has 0 spiro atoms. The third-order valence-electron chi connectivity index (χ3n) is 3.73. The molecule has 19 heavy (non-hydrogen) atoms. The van der Waals surface area contributed by atoms with E-state index in [0.717, 1.165) is 42.3 Å². The minimum Gasteiger partial charge on any atom is -0.496 e. The predicted octanol–water partition coefficient (Wildman–Crippen LogP) is 2.12. The average molecular weight is 266 g/mol. The van der Waals surface area contributed by atoms with Crippen LogP contribution in [-0.4, -0.2) is 39.1 Å². The van der Waals surface area contributed by atoms with Crippen molar-refractivity contribution >= 4 is 0 Å². The maximum atomic E-state index is 9.66. The summed E-state index contributed by atoms with van der Waals surface area (Å²) in [7, 11) is 3.32. The number of hydrogen-bond acceptors (Lipinski definition) is 4. The predicted molar refractivity (Wildman–Crippen MR) is 73.0 cm³/mol. The average Bonchev–Trinajstić information content (AvgIpc) is 2.38. The van der Waals surface area contributed by atoms with E-state index in [1.807, 2.05) is 19.1 Å². The van der Waals surface area contributed by atoms with Crippen molar-refractivity contribution in [2.24, 2.45) is 5.92 Å². The number of aliphatic hydroxyl groups is 1. The first-order valence-electron chi connectivity index (χ1n) is 6.60. The van der Waals surface area contributed by atoms with Crippen molar-refractivity contribution in [1.82, 2.24) is 0 Å². The van der Waals surface area contributed by atoms with Crippen LogP contribution < -0.4 is 9.47 Å². The van der Waals surface area contributed by atoms with E-state index in [0.29, 0.717) is 5.92 Å². The van der Waals surface area contributed by atoms with Crippen LogP contribution in [0.5, 0.6) is 11.5 Å². The Morgan fingerprint density at radius 1 is 1.26 bits per heavy atom. The van der Waals surface area contributed by atoms with E-state index < -0.39 is 0 Å². The van der Waals surface area contributed by atoms with Crippen LogP contribution >= 0.6 is 0 Å². The molecule has 0 saturated carbocycles. The van der Waals surface area contributed by atoms with E-state index in [4.69, 9.17) is 14.2 Å². The van der Waals surface area contributed by atoms with Crippen LogP contribution in [0.1, 0.15) is 23.5 Å². The first-order valence-corrected chi connectivity index (χ1v) is 6.60. The van der Waals surface area contributed by atoms with Gasteiger partial charge in [0.15, 0.2) is 0 Å². The van der Waals surface area contributed by atoms with Gasteiger partial charge in [0.05, 0.1) is 34.0 Å². The largest absolute Gasteiger partial charge is 0.496 e. The van der Waals surface area contributed by atoms with Gasteiger partial charge in [-0.2, -0.15) is 0 Å². The molecule has 0 aromatic heterocycles. The minimum absolute atomic E-state index is 0.0679. The maximum Gasteiger partial charge on any atom is 0.122 e. The first-order chi connectivity index (χ1) is 9.19. The van der Waals surface area contributed by atoms with E-state index in [1.165, 1.54) is 0 Å². The summed E-state index contributed by atoms with van der Waals surface area (Å²) in [4.78, 5) is 0. The second kappa shape index (κ2) is 6.26. The van der Waals surface area contributed by atoms with E-state index >= 15 is 0 Å². The summed E-state index contributed by atoms with van der Waals surface area (Å²) < 4.78 is 16.0. The summed E-state index contributed by atoms with van der Waals surface area (Å²) >= 11 is 0. The van der Waals surface area contributed by atoms with Crippen molar-refractivity contribution in [2.45, 2.75) is 19.3 Å². The van der Waals surface area contributed by atoms with Crippen molar-refractivity contribution in [1.29, 1.82) is 0 Å². The van der Waals surface area contributed by atoms with Crippen LogP contribution in [0.15, 0.2) is 12.1 Å². The Hall–Kier alpha value is -1.26. The van der Waals surface area contributed by atoms with E-state index in [2.05, 4.69) is 0 Å². The zero-order valence-electron chi connectivity index (χ0n) is 11.8. The minimum atomic E-state index is 0.0679. The van der Waals surface area contributed by atoms with Crippen LogP contribution in [0.4, 0.5) is 0 Å². The molecule has 4 heteroatoms. The third-order valence-corrected chi connectivity index (χ3v) is 3.73. The van der Waals surface area contributed by atoms with Gasteiger partial charge in [-0.1, -0.05) is 0 Å². The second-order valence-electron chi connectivity index (χ2n) is 5.08. The van der Waals surface area contributed by atoms with Gasteiger partial charge in [-0.05, 0) is 31.0 Å². The molecular formula is C15H22O4. The molecule has 0 aliphatic carbocycles. The molecule has 1 unspecified atom stereocenters. The molecule has 1 aromatic rings. The summed E-state index contributed by atoms with van der Waals surface area (Å²) in [5.41, 5.74) is 2.05. The number of ether oxygens (including phenoxy) is 3. The lowest BCUT2D eigenvalue weighted by atomic mass is 9.87. The van der Waals surface area contributed by atoms with E-state index in [-0.39, 0.29) is 12.5 Å². The fourth-order valence-electron chi connectivity index (χ4n) is 2.52. The smallest absolute Gasteiger partial charge is 0.122 e. The molecule has 1 aromatic carbocycles. The van der Waals surface area contributed by atoms with Gasteiger partial charge in [-0.15, -0.1) is 0 Å². The highest BCUT2D eigenvalue weighted by molar-refractivity contribution is 5.47. The van der Waals surface area contributed by atoms with E-state index in [1.54, 1.807) is 14.2 Å². The number of hydrogen-bond donors (Lipinski definition) is 1. The Kier molecular flexibility index (Phi) is 4.66. The maximum absolute atomic E-state index is 9.66. The fraction of sp³-hybridized carbons (Fsp3) is 0.600. The van der Waals surface area contributed by atoms with Gasteiger partial charge in [0.25, 0.3) is 0 Å². The molecular weight excluding hydrogens is 244 g/mol. The Labute approximate surface area is 114 Å². The molecule has 106 valence electrons. The number of methoxy groups -OCH3 is 2. The van der Waals surface area contributed by atoms with Gasteiger partial charge >= 0.3 is 0 Å². The SMILES string of the molecule is COc1cc(C(CO)CC2COC2)c(OC)cc1C. The summed E-state index contributed by atoms with van der Waals surface area (Å²) in [6.07, 6.45) is 0.916. The third kappa shape index (κ3) is 3.01. The van der Waals surface area contributed by atoms with Crippen LogP contribution in [0.25, 0.3) is 0 Å². The van der Waals surface area contributed by atoms with Gasteiger partial charge in [0.2, 0.25) is 0 Å². The standard InChI is InChI=1S/C15H22O4/c1-10-4-15(18-3)13(6-14(10)17-2)12(7-16)5-11-8-19-9-11/h4,6,11-12,16H,5,7-9H2,1-3H3. The second-order valence-corrected chi connectivity index (χ2v) is 5.08. The van der Waals surface area contributed by atoms with Gasteiger partial charge in [0.1, 0.15) is 11.5 Å². The lowest BCUT2D eigenvalue weighted by Crippen LogP contribution is -2.29. The zero-order chi connectivity index (χ0) is 13.8. The molecule has 0 radical (unpaired) electrons. The summed E-state index contributed by atoms with van der Waals surface area (Å²) in [6, 6.07) is 3.95. The van der Waals surface area contributed by atoms with Crippen molar-refractivity contribution in [3.63, 3.8) is 0 Å². The lowest BCUT2D eigenvalue weighted by molar-refractivity contribution is -0.0406. The Bertz CT molecular complexity index is 426. The Balaban J connectivity index is 2.27. The van der Waals surface area contributed by atoms with Crippen molar-refractivity contribution < 1.29 is 19.3 Å². The topological polar surface area (TPSA) is 47.9 Å². The normalized spacial score (nSPS) is 16.8. The van der Waals surface area contributed by atoms with E-state index in [9.17, 15) is 5.11 Å². The number of aryl methyl sites for hydroxylation is 1. The molecule has 1 N–H and O–H groups in total. The van der Waals surface area contributed by atoms with Gasteiger partial charge in [-0.25, -0.2) is 0 Å². The quantitative estimate of drug-likeness (QED) is 0.857. The lowest BCUT2D eigenvalue weighted by Gasteiger charge is -2.30. The highest BCUT2D eigenvalue weighted by Gasteiger charge is 2.26. The van der Waals surface area contributed by atoms with Crippen LogP contribution in [0, 0.1) is 12.8 Å². The summed E-state index contributed by atoms with van der Waals surface area (Å²) in [5, 5.41) is 9.66. The summed E-state index contributed by atoms with van der Waals surface area (Å²) in [6.45, 7) is 3.68. The van der Waals surface area contributed by atoms with Crippen molar-refractivity contribution in [3.8, 4) is 11.5 Å². The van der Waals surface area contributed by atoms with Gasteiger partial charge < -0.3 is 19.3 Å². The van der Waals surface area contributed by atoms with Crippen molar-refractivity contribution in [2.75, 3.05) is 34.0 Å². The molecule has 1 fully saturated rings.